The molecule has 0 aliphatic carbocycles. The molecule has 0 spiro atoms. The van der Waals surface area contributed by atoms with Gasteiger partial charge in [-0.25, -0.2) is 23.8 Å². The van der Waals surface area contributed by atoms with Crippen molar-refractivity contribution in [3.63, 3.8) is 0 Å². The Morgan fingerprint density at radius 1 is 1.11 bits per heavy atom. The Bertz CT molecular complexity index is 1200. The Morgan fingerprint density at radius 3 is 2.49 bits per heavy atom. The van der Waals surface area contributed by atoms with Gasteiger partial charge in [0.1, 0.15) is 19.0 Å². The van der Waals surface area contributed by atoms with Crippen molar-refractivity contribution in [1.82, 2.24) is 25.1 Å². The van der Waals surface area contributed by atoms with Crippen molar-refractivity contribution < 1.29 is 27.1 Å². The average molecular weight is 493 g/mol. The van der Waals surface area contributed by atoms with E-state index in [2.05, 4.69) is 20.7 Å². The molecule has 2 atom stereocenters. The first-order valence-electron chi connectivity index (χ1n) is 11.2. The molecule has 2 aliphatic rings. The number of morpholine rings is 1. The molecule has 13 heteroatoms. The molecule has 2 amide bonds. The number of anilines is 2. The van der Waals surface area contributed by atoms with Crippen LogP contribution in [0.3, 0.4) is 0 Å². The highest BCUT2D eigenvalue weighted by atomic mass is 19.4. The highest BCUT2D eigenvalue weighted by Gasteiger charge is 2.36. The number of ether oxygens (including phenoxy) is 1. The molecule has 9 nitrogen and oxygen atoms in total. The molecular weight excluding hydrogens is 470 g/mol. The lowest BCUT2D eigenvalue weighted by molar-refractivity contribution is -0.141. The van der Waals surface area contributed by atoms with E-state index in [0.29, 0.717) is 35.5 Å². The Morgan fingerprint density at radius 2 is 1.83 bits per heavy atom. The molecular formula is C22H23F4N7O2. The second kappa shape index (κ2) is 9.29. The number of amides is 2. The second-order valence-electron chi connectivity index (χ2n) is 8.54. The number of alkyl halides is 4. The molecule has 0 radical (unpaired) electrons. The van der Waals surface area contributed by atoms with Crippen molar-refractivity contribution in [2.45, 2.75) is 37.8 Å². The van der Waals surface area contributed by atoms with Crippen molar-refractivity contribution in [2.24, 2.45) is 0 Å². The first-order valence-corrected chi connectivity index (χ1v) is 11.2. The maximum absolute atomic E-state index is 13.2. The molecule has 2 aliphatic heterocycles. The Kier molecular flexibility index (Phi) is 6.17. The third kappa shape index (κ3) is 5.14. The van der Waals surface area contributed by atoms with Crippen LogP contribution in [0.2, 0.25) is 0 Å². The molecule has 0 saturated carbocycles. The molecule has 2 N–H and O–H groups in total. The molecule has 2 fully saturated rings. The van der Waals surface area contributed by atoms with E-state index in [1.54, 1.807) is 24.3 Å². The molecule has 3 aromatic rings. The monoisotopic (exact) mass is 493 g/mol. The number of carbonyl (C=O) groups is 1. The number of nitrogens with zero attached hydrogens (tertiary/aromatic N) is 5. The van der Waals surface area contributed by atoms with Gasteiger partial charge in [0.2, 0.25) is 0 Å². The van der Waals surface area contributed by atoms with E-state index in [1.807, 2.05) is 4.90 Å². The van der Waals surface area contributed by atoms with Gasteiger partial charge in [-0.05, 0) is 37.1 Å². The van der Waals surface area contributed by atoms with Crippen LogP contribution in [0.4, 0.5) is 33.9 Å². The predicted octanol–water partition coefficient (Wildman–Crippen LogP) is 3.51. The summed E-state index contributed by atoms with van der Waals surface area (Å²) in [7, 11) is 0. The van der Waals surface area contributed by atoms with Crippen LogP contribution in [0.5, 0.6) is 0 Å². The predicted molar refractivity (Wildman–Crippen MR) is 120 cm³/mol. The summed E-state index contributed by atoms with van der Waals surface area (Å²) in [6, 6.07) is 5.99. The highest BCUT2D eigenvalue weighted by Crippen LogP contribution is 2.34. The number of carbonyl (C=O) groups excluding carboxylic acids is 1. The van der Waals surface area contributed by atoms with Gasteiger partial charge in [0.05, 0.1) is 23.8 Å². The van der Waals surface area contributed by atoms with E-state index in [9.17, 15) is 22.4 Å². The van der Waals surface area contributed by atoms with E-state index in [4.69, 9.17) is 9.72 Å². The Balaban J connectivity index is 1.50. The van der Waals surface area contributed by atoms with Crippen molar-refractivity contribution >= 4 is 28.6 Å². The number of halogens is 4. The van der Waals surface area contributed by atoms with Crippen LogP contribution in [-0.2, 0) is 11.3 Å². The van der Waals surface area contributed by atoms with Crippen LogP contribution >= 0.6 is 0 Å². The van der Waals surface area contributed by atoms with Crippen LogP contribution in [-0.4, -0.2) is 70.5 Å². The zero-order chi connectivity index (χ0) is 24.6. The van der Waals surface area contributed by atoms with Crippen molar-refractivity contribution in [3.05, 3.63) is 30.5 Å². The smallest absolute Gasteiger partial charge is 0.371 e. The normalized spacial score (nSPS) is 19.8. The molecule has 2 saturated heterocycles. The third-order valence-electron chi connectivity index (χ3n) is 5.93. The molecule has 2 bridgehead atoms. The fourth-order valence-electron chi connectivity index (χ4n) is 4.42. The molecule has 186 valence electrons. The number of urea groups is 1. The van der Waals surface area contributed by atoms with Gasteiger partial charge in [0, 0.05) is 30.9 Å². The zero-order valence-electron chi connectivity index (χ0n) is 18.6. The number of aromatic nitrogens is 4. The summed E-state index contributed by atoms with van der Waals surface area (Å²) in [5.74, 6) is 0.759. The van der Waals surface area contributed by atoms with Crippen LogP contribution in [0.25, 0.3) is 22.4 Å². The van der Waals surface area contributed by atoms with E-state index >= 15 is 0 Å². The van der Waals surface area contributed by atoms with Crippen LogP contribution < -0.4 is 15.5 Å². The Labute approximate surface area is 197 Å². The van der Waals surface area contributed by atoms with Crippen LogP contribution in [0.15, 0.2) is 30.5 Å². The number of fused-ring (bicyclic) bond motifs is 3. The first-order chi connectivity index (χ1) is 16.8. The maximum Gasteiger partial charge on any atom is 0.408 e. The van der Waals surface area contributed by atoms with Crippen molar-refractivity contribution in [3.8, 4) is 11.4 Å². The largest absolute Gasteiger partial charge is 0.408 e. The molecule has 0 unspecified atom stereocenters. The summed E-state index contributed by atoms with van der Waals surface area (Å²) in [5, 5.41) is 9.33. The topological polar surface area (TPSA) is 97.2 Å². The minimum atomic E-state index is -4.46. The fourth-order valence-corrected chi connectivity index (χ4v) is 4.42. The standard InChI is InChI=1S/C22H23F4N7O2/c23-7-8-27-21(34)29-14-3-1-13(2-4-14)18-30-19(32-10-15-5-6-16(11-32)35-15)17-9-28-33(20(17)31-18)12-22(24,25)26/h1-4,9,15-16H,5-8,10-12H2,(H2,27,29,34)/t15-,16+. The van der Waals surface area contributed by atoms with Gasteiger partial charge in [0.15, 0.2) is 11.5 Å². The van der Waals surface area contributed by atoms with Gasteiger partial charge in [0.25, 0.3) is 0 Å². The number of nitrogens with one attached hydrogen (secondary N) is 2. The average Bonchev–Trinajstić information content (AvgIpc) is 3.38. The summed E-state index contributed by atoms with van der Waals surface area (Å²) in [6.07, 6.45) is -1.10. The summed E-state index contributed by atoms with van der Waals surface area (Å²) in [6.45, 7) is -0.871. The molecule has 5 rings (SSSR count). The maximum atomic E-state index is 13.2. The number of rotatable bonds is 6. The van der Waals surface area contributed by atoms with Crippen LogP contribution in [0, 0.1) is 0 Å². The number of hydrogen-bond donors (Lipinski definition) is 2. The van der Waals surface area contributed by atoms with E-state index < -0.39 is 25.4 Å². The minimum absolute atomic E-state index is 0.0568. The van der Waals surface area contributed by atoms with Gasteiger partial charge in [-0.1, -0.05) is 0 Å². The van der Waals surface area contributed by atoms with Gasteiger partial charge < -0.3 is 20.3 Å². The fraction of sp³-hybridized carbons (Fsp3) is 0.455. The van der Waals surface area contributed by atoms with Gasteiger partial charge in [-0.3, -0.25) is 0 Å². The molecule has 1 aromatic carbocycles. The minimum Gasteiger partial charge on any atom is -0.371 e. The lowest BCUT2D eigenvalue weighted by Crippen LogP contribution is -2.43. The number of benzene rings is 1. The Hall–Kier alpha value is -3.48. The second-order valence-corrected chi connectivity index (χ2v) is 8.54. The highest BCUT2D eigenvalue weighted by molar-refractivity contribution is 5.90. The quantitative estimate of drug-likeness (QED) is 0.510. The molecule has 2 aromatic heterocycles. The van der Waals surface area contributed by atoms with E-state index in [0.717, 1.165) is 17.5 Å². The lowest BCUT2D eigenvalue weighted by Gasteiger charge is -2.33. The summed E-state index contributed by atoms with van der Waals surface area (Å²) in [4.78, 5) is 22.9. The third-order valence-corrected chi connectivity index (χ3v) is 5.93. The molecule has 4 heterocycles. The SMILES string of the molecule is O=C(NCCF)Nc1ccc(-c2nc(N3C[C@H]4CC[C@@H](C3)O4)c3cnn(CC(F)(F)F)c3n2)cc1. The summed E-state index contributed by atoms with van der Waals surface area (Å²) < 4.78 is 58.5. The van der Waals surface area contributed by atoms with Crippen molar-refractivity contribution in [1.29, 1.82) is 0 Å². The first kappa shape index (κ1) is 23.3. The van der Waals surface area contributed by atoms with Gasteiger partial charge in [-0.15, -0.1) is 0 Å². The lowest BCUT2D eigenvalue weighted by atomic mass is 10.2. The van der Waals surface area contributed by atoms with Gasteiger partial charge >= 0.3 is 12.2 Å². The summed E-state index contributed by atoms with van der Waals surface area (Å²) in [5.41, 5.74) is 1.10. The van der Waals surface area contributed by atoms with Gasteiger partial charge in [-0.2, -0.15) is 18.3 Å². The van der Waals surface area contributed by atoms with Crippen LogP contribution in [0.1, 0.15) is 12.8 Å². The summed E-state index contributed by atoms with van der Waals surface area (Å²) >= 11 is 0. The molecule has 35 heavy (non-hydrogen) atoms. The van der Waals surface area contributed by atoms with E-state index in [-0.39, 0.29) is 30.2 Å². The zero-order valence-corrected chi connectivity index (χ0v) is 18.6. The van der Waals surface area contributed by atoms with Crippen molar-refractivity contribution in [2.75, 3.05) is 36.5 Å². The van der Waals surface area contributed by atoms with E-state index in [1.165, 1.54) is 6.20 Å². The number of hydrogen-bond acceptors (Lipinski definition) is 6.